The van der Waals surface area contributed by atoms with Crippen LogP contribution in [0.3, 0.4) is 0 Å². The Morgan fingerprint density at radius 1 is 0.821 bits per heavy atom. The van der Waals surface area contributed by atoms with Gasteiger partial charge in [-0.05, 0) is 37.6 Å². The fourth-order valence-electron chi connectivity index (χ4n) is 2.87. The maximum absolute atomic E-state index is 6.91. The second-order valence-corrected chi connectivity index (χ2v) is 12.2. The van der Waals surface area contributed by atoms with Crippen LogP contribution in [-0.4, -0.2) is 22.9 Å². The molecular weight excluding hydrogens is 424 g/mol. The van der Waals surface area contributed by atoms with Crippen molar-refractivity contribution >= 4 is 53.5 Å². The van der Waals surface area contributed by atoms with Crippen molar-refractivity contribution in [2.45, 2.75) is 15.9 Å². The van der Waals surface area contributed by atoms with Crippen molar-refractivity contribution in [1.82, 2.24) is 5.32 Å². The first-order valence-electron chi connectivity index (χ1n) is 9.24. The Morgan fingerprint density at radius 2 is 1.36 bits per heavy atom. The Morgan fingerprint density at radius 3 is 1.89 bits per heavy atom. The third-order valence-electron chi connectivity index (χ3n) is 4.26. The number of hydrogen-bond donors (Lipinski definition) is 1. The van der Waals surface area contributed by atoms with Gasteiger partial charge in [-0.15, -0.1) is 11.8 Å². The predicted octanol–water partition coefficient (Wildman–Crippen LogP) is 5.94. The lowest BCUT2D eigenvalue weighted by Crippen LogP contribution is -2.36. The normalized spacial score (nSPS) is 11.7. The molecule has 0 fully saturated rings. The number of alkyl halides is 2. The molecule has 0 spiro atoms. The minimum absolute atomic E-state index is 0.542. The maximum Gasteiger partial charge on any atom is 0.157 e. The molecule has 1 N–H and O–H groups in total. The van der Waals surface area contributed by atoms with Crippen LogP contribution in [0.15, 0.2) is 89.8 Å². The fraction of sp³-hybridized carbons (Fsp3) is 0.217. The number of rotatable bonds is 9. The van der Waals surface area contributed by atoms with E-state index in [1.165, 1.54) is 21.1 Å². The van der Waals surface area contributed by atoms with E-state index in [1.807, 2.05) is 48.2 Å². The van der Waals surface area contributed by atoms with Crippen molar-refractivity contribution in [3.63, 3.8) is 0 Å². The Balaban J connectivity index is 1.61. The quantitative estimate of drug-likeness (QED) is 0.188. The van der Waals surface area contributed by atoms with Gasteiger partial charge in [0, 0.05) is 23.7 Å². The largest absolute Gasteiger partial charge is 0.313 e. The van der Waals surface area contributed by atoms with Crippen molar-refractivity contribution in [2.24, 2.45) is 0 Å². The number of nitrogens with one attached hydrogen (secondary N) is 1. The minimum atomic E-state index is -0.901. The summed E-state index contributed by atoms with van der Waals surface area (Å²) in [6.07, 6.45) is 0. The first kappa shape index (κ1) is 21.7. The number of benzene rings is 3. The van der Waals surface area contributed by atoms with Crippen LogP contribution >= 0.6 is 42.9 Å². The van der Waals surface area contributed by atoms with Crippen molar-refractivity contribution in [1.29, 1.82) is 0 Å². The number of hydrogen-bond acceptors (Lipinski definition) is 2. The average molecular weight is 448 g/mol. The lowest BCUT2D eigenvalue weighted by atomic mass is 10.2. The highest BCUT2D eigenvalue weighted by Crippen LogP contribution is 2.53. The van der Waals surface area contributed by atoms with E-state index in [1.54, 1.807) is 0 Å². The van der Waals surface area contributed by atoms with Gasteiger partial charge in [-0.3, -0.25) is 0 Å². The summed E-state index contributed by atoms with van der Waals surface area (Å²) in [6, 6.07) is 29.3. The van der Waals surface area contributed by atoms with Crippen LogP contribution in [0.4, 0.5) is 0 Å². The summed E-state index contributed by atoms with van der Waals surface area (Å²) in [4.78, 5) is 1.28. The van der Waals surface area contributed by atoms with E-state index in [-0.39, 0.29) is 0 Å². The van der Waals surface area contributed by atoms with Crippen LogP contribution in [0.5, 0.6) is 0 Å². The maximum atomic E-state index is 6.91. The summed E-state index contributed by atoms with van der Waals surface area (Å²) in [5.41, 5.74) is 1.28. The highest BCUT2D eigenvalue weighted by atomic mass is 35.5. The zero-order valence-corrected chi connectivity index (χ0v) is 19.0. The Labute approximate surface area is 183 Å². The molecular formula is C23H24Cl2NPS. The lowest BCUT2D eigenvalue weighted by Gasteiger charge is -2.31. The zero-order valence-electron chi connectivity index (χ0n) is 15.8. The smallest absolute Gasteiger partial charge is 0.157 e. The molecule has 0 aromatic heterocycles. The lowest BCUT2D eigenvalue weighted by molar-refractivity contribution is 0.736. The average Bonchev–Trinajstić information content (AvgIpc) is 2.71. The molecule has 0 heterocycles. The van der Waals surface area contributed by atoms with Gasteiger partial charge in [0.05, 0.1) is 0 Å². The molecule has 146 valence electrons. The molecule has 0 radical (unpaired) electrons. The molecule has 3 rings (SSSR count). The first-order valence-corrected chi connectivity index (χ1v) is 12.3. The van der Waals surface area contributed by atoms with E-state index in [2.05, 4.69) is 60.8 Å². The van der Waals surface area contributed by atoms with Crippen LogP contribution in [0, 0.1) is 6.92 Å². The Hall–Kier alpha value is -1.02. The second kappa shape index (κ2) is 10.7. The van der Waals surface area contributed by atoms with Crippen molar-refractivity contribution in [3.05, 3.63) is 90.5 Å². The molecule has 0 unspecified atom stereocenters. The molecule has 0 saturated heterocycles. The van der Waals surface area contributed by atoms with Crippen LogP contribution in [-0.2, 0) is 0 Å². The van der Waals surface area contributed by atoms with Gasteiger partial charge in [-0.25, -0.2) is 0 Å². The standard InChI is InChI=1S/C23H24Cl2NPS/c1-19-12-14-22(15-13-19)28-17-16-26-18-23(24,25)27(20-8-4-2-5-9-20)21-10-6-3-7-11-21/h2-15,26H,16-18H2,1H3. The third kappa shape index (κ3) is 6.24. The third-order valence-corrected chi connectivity index (χ3v) is 9.00. The molecule has 28 heavy (non-hydrogen) atoms. The molecule has 1 nitrogen and oxygen atoms in total. The van der Waals surface area contributed by atoms with Gasteiger partial charge < -0.3 is 5.32 Å². The molecule has 0 aliphatic carbocycles. The topological polar surface area (TPSA) is 12.0 Å². The van der Waals surface area contributed by atoms with E-state index in [9.17, 15) is 0 Å². The van der Waals surface area contributed by atoms with Crippen LogP contribution in [0.2, 0.25) is 0 Å². The molecule has 0 amide bonds. The highest BCUT2D eigenvalue weighted by molar-refractivity contribution is 7.99. The van der Waals surface area contributed by atoms with Gasteiger partial charge in [0.25, 0.3) is 0 Å². The summed E-state index contributed by atoms with van der Waals surface area (Å²) in [7, 11) is -0.901. The van der Waals surface area contributed by atoms with E-state index in [4.69, 9.17) is 23.2 Å². The molecule has 0 saturated carbocycles. The molecule has 0 aliphatic heterocycles. The summed E-state index contributed by atoms with van der Waals surface area (Å²) in [5, 5.41) is 5.83. The zero-order chi connectivity index (χ0) is 19.8. The SMILES string of the molecule is Cc1ccc(SCCNCC(Cl)(Cl)P(c2ccccc2)c2ccccc2)cc1. The van der Waals surface area contributed by atoms with Gasteiger partial charge in [0.1, 0.15) is 0 Å². The second-order valence-electron chi connectivity index (χ2n) is 6.51. The molecule has 0 atom stereocenters. The van der Waals surface area contributed by atoms with E-state index in [0.717, 1.165) is 12.3 Å². The summed E-state index contributed by atoms with van der Waals surface area (Å²) < 4.78 is -0.882. The van der Waals surface area contributed by atoms with Crippen LogP contribution in [0.1, 0.15) is 5.56 Å². The Bertz CT molecular complexity index is 802. The van der Waals surface area contributed by atoms with E-state index < -0.39 is 12.0 Å². The van der Waals surface area contributed by atoms with Gasteiger partial charge >= 0.3 is 0 Å². The monoisotopic (exact) mass is 447 g/mol. The van der Waals surface area contributed by atoms with Gasteiger partial charge in [0.2, 0.25) is 0 Å². The van der Waals surface area contributed by atoms with Crippen molar-refractivity contribution < 1.29 is 0 Å². The number of thioether (sulfide) groups is 1. The van der Waals surface area contributed by atoms with Gasteiger partial charge in [-0.2, -0.15) is 0 Å². The first-order chi connectivity index (χ1) is 13.6. The van der Waals surface area contributed by atoms with Crippen LogP contribution in [0.25, 0.3) is 0 Å². The molecule has 3 aromatic carbocycles. The predicted molar refractivity (Wildman–Crippen MR) is 128 cm³/mol. The van der Waals surface area contributed by atoms with Crippen molar-refractivity contribution in [3.8, 4) is 0 Å². The minimum Gasteiger partial charge on any atom is -0.313 e. The number of aryl methyl sites for hydroxylation is 1. The fourth-order valence-corrected chi connectivity index (χ4v) is 7.31. The summed E-state index contributed by atoms with van der Waals surface area (Å²) >= 11 is 15.7. The summed E-state index contributed by atoms with van der Waals surface area (Å²) in [6.45, 7) is 3.50. The molecule has 3 aromatic rings. The van der Waals surface area contributed by atoms with Gasteiger partial charge in [0.15, 0.2) is 4.07 Å². The molecule has 0 aliphatic rings. The van der Waals surface area contributed by atoms with Crippen molar-refractivity contribution in [2.75, 3.05) is 18.8 Å². The Kier molecular flexibility index (Phi) is 8.26. The molecule has 5 heteroatoms. The van der Waals surface area contributed by atoms with E-state index in [0.29, 0.717) is 6.54 Å². The highest BCUT2D eigenvalue weighted by Gasteiger charge is 2.36. The number of halogens is 2. The van der Waals surface area contributed by atoms with E-state index >= 15 is 0 Å². The summed E-state index contributed by atoms with van der Waals surface area (Å²) in [5.74, 6) is 0.974. The molecule has 0 bridgehead atoms. The van der Waals surface area contributed by atoms with Crippen LogP contribution < -0.4 is 15.9 Å². The van der Waals surface area contributed by atoms with Gasteiger partial charge in [-0.1, -0.05) is 102 Å².